The van der Waals surface area contributed by atoms with E-state index in [1.807, 2.05) is 30.3 Å². The molecule has 0 aromatic heterocycles. The number of carbonyl (C=O) groups excluding carboxylic acids is 1. The molecule has 0 spiro atoms. The fourth-order valence-corrected chi connectivity index (χ4v) is 1.34. The predicted molar refractivity (Wildman–Crippen MR) is 81.9 cm³/mol. The van der Waals surface area contributed by atoms with Gasteiger partial charge in [-0.05, 0) is 37.6 Å². The van der Waals surface area contributed by atoms with Crippen LogP contribution in [-0.4, -0.2) is 19.0 Å². The molecule has 0 aliphatic rings. The second-order valence-corrected chi connectivity index (χ2v) is 4.16. The van der Waals surface area contributed by atoms with E-state index >= 15 is 0 Å². The Morgan fingerprint density at radius 3 is 2.21 bits per heavy atom. The number of rotatable bonds is 7. The average Bonchev–Trinajstić information content (AvgIpc) is 2.47. The maximum atomic E-state index is 10.8. The van der Waals surface area contributed by atoms with Gasteiger partial charge in [-0.3, -0.25) is 4.79 Å². The summed E-state index contributed by atoms with van der Waals surface area (Å²) in [4.78, 5) is 10.8. The van der Waals surface area contributed by atoms with Crippen molar-refractivity contribution in [1.82, 2.24) is 10.6 Å². The van der Waals surface area contributed by atoms with E-state index in [1.54, 1.807) is 0 Å². The van der Waals surface area contributed by atoms with Gasteiger partial charge in [0, 0.05) is 6.54 Å². The zero-order valence-corrected chi connectivity index (χ0v) is 12.1. The molecule has 1 aromatic carbocycles. The molecule has 0 saturated heterocycles. The van der Waals surface area contributed by atoms with Crippen LogP contribution in [0.15, 0.2) is 43.0 Å². The van der Waals surface area contributed by atoms with Crippen molar-refractivity contribution in [3.05, 3.63) is 48.6 Å². The number of amides is 1. The van der Waals surface area contributed by atoms with Crippen LogP contribution in [0, 0.1) is 0 Å². The third kappa shape index (κ3) is 11.2. The molecule has 0 fully saturated rings. The zero-order chi connectivity index (χ0) is 14.3. The van der Waals surface area contributed by atoms with Crippen LogP contribution in [0.2, 0.25) is 0 Å². The smallest absolute Gasteiger partial charge is 0.243 e. The summed E-state index contributed by atoms with van der Waals surface area (Å²) in [6.07, 6.45) is 3.77. The van der Waals surface area contributed by atoms with Gasteiger partial charge in [0.25, 0.3) is 0 Å². The Hall–Kier alpha value is -1.61. The maximum Gasteiger partial charge on any atom is 0.243 e. The van der Waals surface area contributed by atoms with Crippen molar-refractivity contribution < 1.29 is 4.79 Å². The van der Waals surface area contributed by atoms with Crippen molar-refractivity contribution in [3.8, 4) is 0 Å². The lowest BCUT2D eigenvalue weighted by Crippen LogP contribution is -2.19. The Balaban J connectivity index is 0.000000399. The van der Waals surface area contributed by atoms with E-state index in [0.29, 0.717) is 6.54 Å². The van der Waals surface area contributed by atoms with Crippen molar-refractivity contribution in [3.63, 3.8) is 0 Å². The molecule has 0 radical (unpaired) electrons. The monoisotopic (exact) mass is 262 g/mol. The summed E-state index contributed by atoms with van der Waals surface area (Å²) in [5, 5.41) is 5.98. The van der Waals surface area contributed by atoms with Crippen molar-refractivity contribution in [2.45, 2.75) is 33.2 Å². The van der Waals surface area contributed by atoms with E-state index in [-0.39, 0.29) is 5.91 Å². The van der Waals surface area contributed by atoms with Gasteiger partial charge in [0.05, 0.1) is 0 Å². The molecule has 0 aliphatic heterocycles. The van der Waals surface area contributed by atoms with Gasteiger partial charge in [0.2, 0.25) is 5.91 Å². The van der Waals surface area contributed by atoms with E-state index in [0.717, 1.165) is 5.56 Å². The van der Waals surface area contributed by atoms with Gasteiger partial charge in [-0.25, -0.2) is 0 Å². The molecule has 2 N–H and O–H groups in total. The molecule has 0 aliphatic carbocycles. The van der Waals surface area contributed by atoms with Crippen molar-refractivity contribution in [1.29, 1.82) is 0 Å². The first-order valence-electron chi connectivity index (χ1n) is 6.89. The summed E-state index contributed by atoms with van der Waals surface area (Å²) in [7, 11) is 0. The first kappa shape index (κ1) is 17.4. The Morgan fingerprint density at radius 1 is 1.16 bits per heavy atom. The van der Waals surface area contributed by atoms with E-state index in [1.165, 1.54) is 32.0 Å². The van der Waals surface area contributed by atoms with Crippen LogP contribution < -0.4 is 10.6 Å². The second kappa shape index (κ2) is 12.8. The molecule has 1 aromatic rings. The quantitative estimate of drug-likeness (QED) is 0.586. The highest BCUT2D eigenvalue weighted by Crippen LogP contribution is 1.96. The van der Waals surface area contributed by atoms with E-state index in [4.69, 9.17) is 0 Å². The molecule has 0 unspecified atom stereocenters. The highest BCUT2D eigenvalue weighted by molar-refractivity contribution is 5.86. The van der Waals surface area contributed by atoms with Crippen molar-refractivity contribution in [2.75, 3.05) is 13.1 Å². The minimum absolute atomic E-state index is 0.140. The fourth-order valence-electron chi connectivity index (χ4n) is 1.34. The van der Waals surface area contributed by atoms with Gasteiger partial charge >= 0.3 is 0 Å². The lowest BCUT2D eigenvalue weighted by molar-refractivity contribution is -0.116. The molecule has 0 atom stereocenters. The van der Waals surface area contributed by atoms with Crippen LogP contribution in [0.5, 0.6) is 0 Å². The minimum atomic E-state index is -0.140. The normalized spacial score (nSPS) is 9.16. The lowest BCUT2D eigenvalue weighted by atomic mass is 10.2. The molecular formula is C16H26N2O. The van der Waals surface area contributed by atoms with Crippen molar-refractivity contribution >= 4 is 5.91 Å². The number of benzene rings is 1. The van der Waals surface area contributed by atoms with E-state index in [2.05, 4.69) is 31.1 Å². The summed E-state index contributed by atoms with van der Waals surface area (Å²) >= 11 is 0. The first-order chi connectivity index (χ1) is 9.24. The molecular weight excluding hydrogens is 236 g/mol. The van der Waals surface area contributed by atoms with Crippen LogP contribution in [0.25, 0.3) is 0 Å². The van der Waals surface area contributed by atoms with Crippen LogP contribution >= 0.6 is 0 Å². The standard InChI is InChI=1S/C10H11NO.C6H15N/c1-2-10(12)11-8-9-6-4-3-5-7-9;1-3-5-7-6-4-2/h2-7H,1,8H2,(H,11,12);7H,3-6H2,1-2H3. The Kier molecular flexibility index (Phi) is 11.7. The predicted octanol–water partition coefficient (Wildman–Crippen LogP) is 2.88. The Labute approximate surface area is 117 Å². The van der Waals surface area contributed by atoms with Crippen LogP contribution in [-0.2, 0) is 11.3 Å². The van der Waals surface area contributed by atoms with Gasteiger partial charge in [-0.15, -0.1) is 0 Å². The number of nitrogens with one attached hydrogen (secondary N) is 2. The third-order valence-corrected chi connectivity index (χ3v) is 2.35. The minimum Gasteiger partial charge on any atom is -0.348 e. The third-order valence-electron chi connectivity index (χ3n) is 2.35. The van der Waals surface area contributed by atoms with E-state index in [9.17, 15) is 4.79 Å². The number of hydrogen-bond acceptors (Lipinski definition) is 2. The summed E-state index contributed by atoms with van der Waals surface area (Å²) in [6, 6.07) is 9.75. The van der Waals surface area contributed by atoms with Crippen LogP contribution in [0.4, 0.5) is 0 Å². The number of hydrogen-bond donors (Lipinski definition) is 2. The van der Waals surface area contributed by atoms with Gasteiger partial charge in [-0.2, -0.15) is 0 Å². The SMILES string of the molecule is C=CC(=O)NCc1ccccc1.CCCNCCC. The molecule has 19 heavy (non-hydrogen) atoms. The van der Waals surface area contributed by atoms with Crippen LogP contribution in [0.1, 0.15) is 32.3 Å². The van der Waals surface area contributed by atoms with Gasteiger partial charge in [0.1, 0.15) is 0 Å². The summed E-state index contributed by atoms with van der Waals surface area (Å²) in [5.41, 5.74) is 1.09. The zero-order valence-electron chi connectivity index (χ0n) is 12.1. The van der Waals surface area contributed by atoms with E-state index < -0.39 is 0 Å². The number of carbonyl (C=O) groups is 1. The summed E-state index contributed by atoms with van der Waals surface area (Å²) in [6.45, 7) is 10.6. The largest absolute Gasteiger partial charge is 0.348 e. The molecule has 106 valence electrons. The molecule has 1 rings (SSSR count). The molecule has 1 amide bonds. The van der Waals surface area contributed by atoms with Gasteiger partial charge in [0.15, 0.2) is 0 Å². The lowest BCUT2D eigenvalue weighted by Gasteiger charge is -2.00. The molecule has 3 heteroatoms. The summed E-state index contributed by atoms with van der Waals surface area (Å²) in [5.74, 6) is -0.140. The van der Waals surface area contributed by atoms with Crippen molar-refractivity contribution in [2.24, 2.45) is 0 Å². The first-order valence-corrected chi connectivity index (χ1v) is 6.89. The topological polar surface area (TPSA) is 41.1 Å². The fraction of sp³-hybridized carbons (Fsp3) is 0.438. The maximum absolute atomic E-state index is 10.8. The van der Waals surface area contributed by atoms with Crippen LogP contribution in [0.3, 0.4) is 0 Å². The molecule has 0 bridgehead atoms. The second-order valence-electron chi connectivity index (χ2n) is 4.16. The van der Waals surface area contributed by atoms with Gasteiger partial charge < -0.3 is 10.6 Å². The highest BCUT2D eigenvalue weighted by Gasteiger charge is 1.93. The molecule has 0 saturated carbocycles. The molecule has 0 heterocycles. The summed E-state index contributed by atoms with van der Waals surface area (Å²) < 4.78 is 0. The average molecular weight is 262 g/mol. The Bertz CT molecular complexity index is 332. The Morgan fingerprint density at radius 2 is 1.74 bits per heavy atom. The molecule has 3 nitrogen and oxygen atoms in total. The van der Waals surface area contributed by atoms with Gasteiger partial charge in [-0.1, -0.05) is 50.8 Å². The highest BCUT2D eigenvalue weighted by atomic mass is 16.1.